The summed E-state index contributed by atoms with van der Waals surface area (Å²) in [6.45, 7) is 2.64. The molecule has 22 heavy (non-hydrogen) atoms. The highest BCUT2D eigenvalue weighted by Gasteiger charge is 2.05. The van der Waals surface area contributed by atoms with E-state index in [1.54, 1.807) is 6.07 Å². The fraction of sp³-hybridized carbons (Fsp3) is 0.400. The number of phenols is 1. The van der Waals surface area contributed by atoms with Crippen LogP contribution in [0.5, 0.6) is 11.5 Å². The molecule has 0 aliphatic carbocycles. The van der Waals surface area contributed by atoms with Crippen LogP contribution < -0.4 is 4.74 Å². The summed E-state index contributed by atoms with van der Waals surface area (Å²) in [5.41, 5.74) is 2.08. The number of phenolic OH excluding ortho intramolecular Hbond substituents is 1. The van der Waals surface area contributed by atoms with Gasteiger partial charge in [0.2, 0.25) is 0 Å². The number of hydrogen-bond donors (Lipinski definition) is 1. The molecule has 0 saturated carbocycles. The van der Waals surface area contributed by atoms with E-state index in [-0.39, 0.29) is 0 Å². The van der Waals surface area contributed by atoms with E-state index in [1.807, 2.05) is 30.3 Å². The molecule has 2 rings (SSSR count). The third kappa shape index (κ3) is 5.10. The Morgan fingerprint density at radius 3 is 2.27 bits per heavy atom. The van der Waals surface area contributed by atoms with Crippen molar-refractivity contribution in [1.29, 1.82) is 0 Å². The molecule has 0 bridgehead atoms. The second kappa shape index (κ2) is 9.14. The van der Waals surface area contributed by atoms with Crippen LogP contribution in [0.25, 0.3) is 0 Å². The predicted octanol–water partition coefficient (Wildman–Crippen LogP) is 5.48. The van der Waals surface area contributed by atoms with Gasteiger partial charge in [0.05, 0.1) is 0 Å². The molecule has 0 fully saturated rings. The lowest BCUT2D eigenvalue weighted by Crippen LogP contribution is -1.99. The molecule has 0 aliphatic heterocycles. The van der Waals surface area contributed by atoms with Gasteiger partial charge in [0, 0.05) is 5.56 Å². The fourth-order valence-corrected chi connectivity index (χ4v) is 2.56. The van der Waals surface area contributed by atoms with Crippen molar-refractivity contribution in [2.45, 2.75) is 52.1 Å². The largest absolute Gasteiger partial charge is 0.508 e. The average molecular weight is 298 g/mol. The molecule has 0 spiro atoms. The van der Waals surface area contributed by atoms with Crippen LogP contribution in [0.1, 0.15) is 50.2 Å². The van der Waals surface area contributed by atoms with E-state index in [2.05, 4.69) is 19.1 Å². The number of ether oxygens (including phenoxy) is 1. The van der Waals surface area contributed by atoms with E-state index in [4.69, 9.17) is 4.74 Å². The molecule has 2 nitrogen and oxygen atoms in total. The minimum Gasteiger partial charge on any atom is -0.508 e. The maximum absolute atomic E-state index is 9.80. The Bertz CT molecular complexity index is 563. The highest BCUT2D eigenvalue weighted by atomic mass is 16.5. The van der Waals surface area contributed by atoms with Gasteiger partial charge in [-0.2, -0.15) is 0 Å². The quantitative estimate of drug-likeness (QED) is 0.621. The Kier molecular flexibility index (Phi) is 6.82. The van der Waals surface area contributed by atoms with Crippen LogP contribution in [0, 0.1) is 0 Å². The first kappa shape index (κ1) is 16.4. The van der Waals surface area contributed by atoms with Gasteiger partial charge in [-0.15, -0.1) is 0 Å². The molecule has 2 aromatic rings. The van der Waals surface area contributed by atoms with Crippen LogP contribution in [0.2, 0.25) is 0 Å². The van der Waals surface area contributed by atoms with Gasteiger partial charge >= 0.3 is 0 Å². The predicted molar refractivity (Wildman–Crippen MR) is 91.3 cm³/mol. The number of benzene rings is 2. The lowest BCUT2D eigenvalue weighted by atomic mass is 10.0. The van der Waals surface area contributed by atoms with Crippen LogP contribution in [0.15, 0.2) is 48.5 Å². The van der Waals surface area contributed by atoms with E-state index >= 15 is 0 Å². The van der Waals surface area contributed by atoms with Crippen molar-refractivity contribution in [3.63, 3.8) is 0 Å². The molecule has 0 amide bonds. The summed E-state index contributed by atoms with van der Waals surface area (Å²) in [5.74, 6) is 1.22. The zero-order valence-electron chi connectivity index (χ0n) is 13.4. The summed E-state index contributed by atoms with van der Waals surface area (Å²) < 4.78 is 5.92. The van der Waals surface area contributed by atoms with Crippen molar-refractivity contribution in [2.75, 3.05) is 0 Å². The van der Waals surface area contributed by atoms with Gasteiger partial charge < -0.3 is 9.84 Å². The van der Waals surface area contributed by atoms with Crippen molar-refractivity contribution in [1.82, 2.24) is 0 Å². The maximum Gasteiger partial charge on any atom is 0.123 e. The average Bonchev–Trinajstić information content (AvgIpc) is 2.55. The maximum atomic E-state index is 9.80. The first-order valence-corrected chi connectivity index (χ1v) is 8.29. The van der Waals surface area contributed by atoms with Crippen LogP contribution >= 0.6 is 0 Å². The lowest BCUT2D eigenvalue weighted by Gasteiger charge is -2.12. The molecule has 0 heterocycles. The van der Waals surface area contributed by atoms with E-state index in [9.17, 15) is 5.11 Å². The highest BCUT2D eigenvalue weighted by molar-refractivity contribution is 5.35. The molecule has 0 aromatic heterocycles. The Morgan fingerprint density at radius 2 is 1.50 bits per heavy atom. The van der Waals surface area contributed by atoms with Crippen molar-refractivity contribution < 1.29 is 9.84 Å². The van der Waals surface area contributed by atoms with Gasteiger partial charge in [0.1, 0.15) is 18.1 Å². The van der Waals surface area contributed by atoms with Crippen molar-refractivity contribution >= 4 is 0 Å². The number of unbranched alkanes of at least 4 members (excludes halogenated alkanes) is 4. The highest BCUT2D eigenvalue weighted by Crippen LogP contribution is 2.24. The molecule has 0 saturated heterocycles. The van der Waals surface area contributed by atoms with Gasteiger partial charge in [-0.1, -0.05) is 69.0 Å². The topological polar surface area (TPSA) is 29.5 Å². The summed E-state index contributed by atoms with van der Waals surface area (Å²) >= 11 is 0. The number of para-hydroxylation sites is 2. The molecule has 0 radical (unpaired) electrons. The van der Waals surface area contributed by atoms with Crippen LogP contribution in [0.4, 0.5) is 0 Å². The Labute approximate surface area is 133 Å². The zero-order valence-corrected chi connectivity index (χ0v) is 13.4. The molecule has 2 aromatic carbocycles. The first-order chi connectivity index (χ1) is 10.8. The Balaban J connectivity index is 1.89. The molecule has 2 heteroatoms. The number of aryl methyl sites for hydroxylation is 1. The normalized spacial score (nSPS) is 10.6. The van der Waals surface area contributed by atoms with Crippen molar-refractivity contribution in [3.05, 3.63) is 59.7 Å². The second-order valence-corrected chi connectivity index (χ2v) is 5.69. The van der Waals surface area contributed by atoms with Gasteiger partial charge in [-0.05, 0) is 30.5 Å². The van der Waals surface area contributed by atoms with Gasteiger partial charge in [0.15, 0.2) is 0 Å². The van der Waals surface area contributed by atoms with Crippen LogP contribution in [0.3, 0.4) is 0 Å². The molecular formula is C20H26O2. The third-order valence-corrected chi connectivity index (χ3v) is 3.90. The molecule has 0 unspecified atom stereocenters. The summed E-state index contributed by atoms with van der Waals surface area (Å²) in [6.07, 6.45) is 7.46. The molecule has 118 valence electrons. The molecule has 0 aliphatic rings. The third-order valence-electron chi connectivity index (χ3n) is 3.90. The molecule has 0 atom stereocenters. The molecular weight excluding hydrogens is 272 g/mol. The van der Waals surface area contributed by atoms with E-state index in [0.717, 1.165) is 17.7 Å². The molecule has 1 N–H and O–H groups in total. The van der Waals surface area contributed by atoms with Crippen LogP contribution in [-0.2, 0) is 13.0 Å². The van der Waals surface area contributed by atoms with E-state index in [1.165, 1.54) is 37.7 Å². The van der Waals surface area contributed by atoms with Crippen molar-refractivity contribution in [3.8, 4) is 11.5 Å². The first-order valence-electron chi connectivity index (χ1n) is 8.29. The smallest absolute Gasteiger partial charge is 0.123 e. The van der Waals surface area contributed by atoms with E-state index < -0.39 is 0 Å². The van der Waals surface area contributed by atoms with E-state index in [0.29, 0.717) is 12.4 Å². The summed E-state index contributed by atoms with van der Waals surface area (Å²) in [6, 6.07) is 15.5. The summed E-state index contributed by atoms with van der Waals surface area (Å²) in [4.78, 5) is 0. The van der Waals surface area contributed by atoms with Crippen LogP contribution in [-0.4, -0.2) is 5.11 Å². The second-order valence-electron chi connectivity index (χ2n) is 5.69. The van der Waals surface area contributed by atoms with Gasteiger partial charge in [-0.25, -0.2) is 0 Å². The zero-order chi connectivity index (χ0) is 15.6. The Morgan fingerprint density at radius 1 is 0.818 bits per heavy atom. The Hall–Kier alpha value is -1.96. The number of rotatable bonds is 9. The minimum absolute atomic E-state index is 0.291. The van der Waals surface area contributed by atoms with Gasteiger partial charge in [-0.3, -0.25) is 0 Å². The minimum atomic E-state index is 0.291. The summed E-state index contributed by atoms with van der Waals surface area (Å²) in [7, 11) is 0. The lowest BCUT2D eigenvalue weighted by molar-refractivity contribution is 0.296. The summed E-state index contributed by atoms with van der Waals surface area (Å²) in [5, 5.41) is 9.80. The monoisotopic (exact) mass is 298 g/mol. The number of hydrogen-bond acceptors (Lipinski definition) is 2. The van der Waals surface area contributed by atoms with Gasteiger partial charge in [0.25, 0.3) is 0 Å². The number of aromatic hydroxyl groups is 1. The van der Waals surface area contributed by atoms with Crippen molar-refractivity contribution in [2.24, 2.45) is 0 Å². The standard InChI is InChI=1S/C20H26O2/c1-2-3-4-5-6-11-17-12-8-10-15-20(17)22-16-18-13-7-9-14-19(18)21/h7-10,12-15,21H,2-6,11,16H2,1H3. The fourth-order valence-electron chi connectivity index (χ4n) is 2.56. The SMILES string of the molecule is CCCCCCCc1ccccc1OCc1ccccc1O.